The third kappa shape index (κ3) is 9.44. The Morgan fingerprint density at radius 1 is 0.769 bits per heavy atom. The quantitative estimate of drug-likeness (QED) is 0.432. The molecule has 0 saturated carbocycles. The highest BCUT2D eigenvalue weighted by Crippen LogP contribution is 2.10. The summed E-state index contributed by atoms with van der Waals surface area (Å²) in [6.45, 7) is 5.07. The summed E-state index contributed by atoms with van der Waals surface area (Å²) in [6.07, 6.45) is 6.87. The van der Waals surface area contributed by atoms with Crippen LogP contribution in [-0.2, 0) is 16.0 Å². The van der Waals surface area contributed by atoms with Gasteiger partial charge in [0.2, 0.25) is 0 Å². The fourth-order valence-corrected chi connectivity index (χ4v) is 2.50. The summed E-state index contributed by atoms with van der Waals surface area (Å²) in [7, 11) is 0. The fraction of sp³-hybridized carbons (Fsp3) is 0.619. The number of hydrogen-bond donors (Lipinski definition) is 0. The summed E-state index contributed by atoms with van der Waals surface area (Å²) in [4.78, 5) is 25.8. The van der Waals surface area contributed by atoms with Gasteiger partial charge in [-0.3, -0.25) is 0 Å². The van der Waals surface area contributed by atoms with Gasteiger partial charge in [0.05, 0.1) is 19.8 Å². The topological polar surface area (TPSA) is 55.8 Å². The first kappa shape index (κ1) is 22.0. The Morgan fingerprint density at radius 2 is 1.27 bits per heavy atom. The lowest BCUT2D eigenvalue weighted by atomic mass is 10.2. The molecule has 0 atom stereocenters. The fourth-order valence-electron chi connectivity index (χ4n) is 2.50. The van der Waals surface area contributed by atoms with E-state index in [9.17, 15) is 9.59 Å². The molecule has 0 aliphatic rings. The first-order chi connectivity index (χ1) is 12.7. The number of ether oxygens (including phenoxy) is 2. The predicted molar refractivity (Wildman–Crippen MR) is 103 cm³/mol. The van der Waals surface area contributed by atoms with Crippen LogP contribution < -0.4 is 0 Å². The predicted octanol–water partition coefficient (Wildman–Crippen LogP) is 5.92. The molecule has 0 radical (unpaired) electrons. The third-order valence-corrected chi connectivity index (χ3v) is 4.07. The first-order valence-electron chi connectivity index (χ1n) is 9.84. The van der Waals surface area contributed by atoms with Gasteiger partial charge in [-0.15, -0.1) is 0 Å². The van der Waals surface area contributed by atoms with Crippen molar-refractivity contribution in [3.63, 3.8) is 0 Å². The van der Waals surface area contributed by atoms with Crippen LogP contribution in [0.25, 0.3) is 0 Å². The van der Waals surface area contributed by atoms with E-state index in [2.05, 4.69) is 13.8 Å². The molecule has 0 aliphatic carbocycles. The zero-order valence-electron chi connectivity index (χ0n) is 16.2. The molecule has 1 rings (SSSR count). The Hall–Kier alpha value is -2.04. The molecule has 0 spiro atoms. The number of benzene rings is 1. The number of rotatable bonds is 12. The van der Waals surface area contributed by atoms with Crippen molar-refractivity contribution in [1.29, 1.82) is 0 Å². The lowest BCUT2D eigenvalue weighted by Gasteiger charge is -2.20. The molecule has 0 aromatic heterocycles. The summed E-state index contributed by atoms with van der Waals surface area (Å²) in [5.74, 6) is 0. The molecule has 0 saturated heterocycles. The maximum absolute atomic E-state index is 12.4. The van der Waals surface area contributed by atoms with Gasteiger partial charge in [0, 0.05) is 0 Å². The molecule has 1 aromatic carbocycles. The zero-order chi connectivity index (χ0) is 19.0. The largest absolute Gasteiger partial charge is 0.449 e. The van der Waals surface area contributed by atoms with Crippen LogP contribution >= 0.6 is 0 Å². The van der Waals surface area contributed by atoms with Crippen LogP contribution in [0.5, 0.6) is 0 Å². The summed E-state index contributed by atoms with van der Waals surface area (Å²) in [6, 6.07) is 9.39. The number of unbranched alkanes of at least 4 members (excludes halogenated alkanes) is 6. The third-order valence-electron chi connectivity index (χ3n) is 4.07. The van der Waals surface area contributed by atoms with E-state index in [4.69, 9.17) is 9.47 Å². The van der Waals surface area contributed by atoms with E-state index >= 15 is 0 Å². The minimum atomic E-state index is -0.635. The number of nitrogens with zero attached hydrogens (tertiary/aromatic N) is 1. The van der Waals surface area contributed by atoms with E-state index in [-0.39, 0.29) is 6.54 Å². The number of carbonyl (C=O) groups excluding carboxylic acids is 2. The van der Waals surface area contributed by atoms with Gasteiger partial charge in [0.25, 0.3) is 0 Å². The van der Waals surface area contributed by atoms with Crippen LogP contribution in [0.3, 0.4) is 0 Å². The zero-order valence-corrected chi connectivity index (χ0v) is 16.2. The molecule has 26 heavy (non-hydrogen) atoms. The smallest absolute Gasteiger partial charge is 0.419 e. The molecule has 0 aliphatic heterocycles. The second-order valence-corrected chi connectivity index (χ2v) is 6.42. The van der Waals surface area contributed by atoms with Crippen molar-refractivity contribution in [1.82, 2.24) is 4.90 Å². The Balaban J connectivity index is 2.54. The molecular formula is C21H33NO4. The molecule has 5 nitrogen and oxygen atoms in total. The molecule has 0 unspecified atom stereocenters. The van der Waals surface area contributed by atoms with Crippen molar-refractivity contribution >= 4 is 12.2 Å². The van der Waals surface area contributed by atoms with Gasteiger partial charge < -0.3 is 9.47 Å². The molecule has 2 amide bonds. The number of imide groups is 1. The van der Waals surface area contributed by atoms with Gasteiger partial charge in [-0.1, -0.05) is 82.7 Å². The summed E-state index contributed by atoms with van der Waals surface area (Å²) in [5, 5.41) is 0. The van der Waals surface area contributed by atoms with Gasteiger partial charge in [0.15, 0.2) is 0 Å². The second-order valence-electron chi connectivity index (χ2n) is 6.42. The molecule has 0 bridgehead atoms. The first-order valence-corrected chi connectivity index (χ1v) is 9.84. The van der Waals surface area contributed by atoms with E-state index in [0.29, 0.717) is 13.2 Å². The average Bonchev–Trinajstić information content (AvgIpc) is 2.66. The number of hydrogen-bond acceptors (Lipinski definition) is 4. The van der Waals surface area contributed by atoms with Crippen molar-refractivity contribution in [3.05, 3.63) is 35.9 Å². The summed E-state index contributed by atoms with van der Waals surface area (Å²) < 4.78 is 10.6. The molecule has 1 aromatic rings. The van der Waals surface area contributed by atoms with Crippen LogP contribution in [0.1, 0.15) is 70.8 Å². The summed E-state index contributed by atoms with van der Waals surface area (Å²) in [5.41, 5.74) is 0.860. The molecule has 0 N–H and O–H groups in total. The Morgan fingerprint density at radius 3 is 1.73 bits per heavy atom. The van der Waals surface area contributed by atoms with E-state index in [0.717, 1.165) is 61.8 Å². The highest BCUT2D eigenvalue weighted by atomic mass is 16.6. The van der Waals surface area contributed by atoms with Crippen molar-refractivity contribution in [2.45, 2.75) is 71.8 Å². The van der Waals surface area contributed by atoms with Crippen molar-refractivity contribution in [2.75, 3.05) is 13.2 Å². The Labute approximate surface area is 157 Å². The van der Waals surface area contributed by atoms with Crippen LogP contribution in [0, 0.1) is 0 Å². The standard InChI is InChI=1S/C21H33NO4/c1-3-5-7-12-16-25-20(23)22(18-19-14-10-9-11-15-19)21(24)26-17-13-8-6-4-2/h9-11,14-15H,3-8,12-13,16-18H2,1-2H3. The van der Waals surface area contributed by atoms with Gasteiger partial charge in [0.1, 0.15) is 0 Å². The summed E-state index contributed by atoms with van der Waals surface area (Å²) >= 11 is 0. The molecular weight excluding hydrogens is 330 g/mol. The highest BCUT2D eigenvalue weighted by Gasteiger charge is 2.24. The maximum Gasteiger partial charge on any atom is 0.419 e. The van der Waals surface area contributed by atoms with E-state index in [1.807, 2.05) is 30.3 Å². The van der Waals surface area contributed by atoms with Gasteiger partial charge >= 0.3 is 12.2 Å². The lowest BCUT2D eigenvalue weighted by Crippen LogP contribution is -2.37. The van der Waals surface area contributed by atoms with E-state index in [1.54, 1.807) is 0 Å². The minimum absolute atomic E-state index is 0.155. The monoisotopic (exact) mass is 363 g/mol. The van der Waals surface area contributed by atoms with Gasteiger partial charge in [-0.05, 0) is 18.4 Å². The Kier molecular flexibility index (Phi) is 12.0. The van der Waals surface area contributed by atoms with E-state index < -0.39 is 12.2 Å². The minimum Gasteiger partial charge on any atom is -0.449 e. The second kappa shape index (κ2) is 14.2. The van der Waals surface area contributed by atoms with Crippen LogP contribution in [0.2, 0.25) is 0 Å². The Bertz CT molecular complexity index is 478. The van der Waals surface area contributed by atoms with Crippen LogP contribution in [0.15, 0.2) is 30.3 Å². The maximum atomic E-state index is 12.4. The average molecular weight is 363 g/mol. The van der Waals surface area contributed by atoms with Crippen molar-refractivity contribution in [3.8, 4) is 0 Å². The molecule has 0 heterocycles. The van der Waals surface area contributed by atoms with Gasteiger partial charge in [-0.25, -0.2) is 14.5 Å². The van der Waals surface area contributed by atoms with E-state index in [1.165, 1.54) is 0 Å². The van der Waals surface area contributed by atoms with Gasteiger partial charge in [-0.2, -0.15) is 0 Å². The SMILES string of the molecule is CCCCCCOC(=O)N(Cc1ccccc1)C(=O)OCCCCCC. The molecule has 0 fully saturated rings. The van der Waals surface area contributed by atoms with Crippen molar-refractivity contribution < 1.29 is 19.1 Å². The van der Waals surface area contributed by atoms with Crippen molar-refractivity contribution in [2.24, 2.45) is 0 Å². The lowest BCUT2D eigenvalue weighted by molar-refractivity contribution is 0.0725. The number of amides is 2. The normalized spacial score (nSPS) is 10.4. The number of carbonyl (C=O) groups is 2. The highest BCUT2D eigenvalue weighted by molar-refractivity contribution is 5.87. The van der Waals surface area contributed by atoms with Crippen LogP contribution in [-0.4, -0.2) is 30.3 Å². The molecule has 5 heteroatoms. The van der Waals surface area contributed by atoms with Crippen LogP contribution in [0.4, 0.5) is 9.59 Å². The molecule has 146 valence electrons.